The predicted octanol–water partition coefficient (Wildman–Crippen LogP) is 2.26. The molecule has 2 rings (SSSR count). The Hall–Kier alpha value is 0.0600. The molecule has 7 heteroatoms. The normalized spacial score (nSPS) is 30.3. The van der Waals surface area contributed by atoms with Crippen molar-refractivity contribution < 1.29 is 13.0 Å². The standard InChI is InChI=1S/C8H14F2N2OS.ClH/c9-8(10)3-5-12(6-4-8)14(11,13)7-1-2-7;/h7,11H,1-6H2;1H. The highest BCUT2D eigenvalue weighted by Crippen LogP contribution is 2.35. The van der Waals surface area contributed by atoms with E-state index in [4.69, 9.17) is 4.78 Å². The summed E-state index contributed by atoms with van der Waals surface area (Å²) in [5.41, 5.74) is 0. The number of piperidine rings is 1. The molecule has 0 spiro atoms. The number of nitrogens with one attached hydrogen (secondary N) is 1. The number of hydrogen-bond donors (Lipinski definition) is 1. The Morgan fingerprint density at radius 3 is 2.13 bits per heavy atom. The van der Waals surface area contributed by atoms with Crippen LogP contribution in [-0.4, -0.2) is 32.8 Å². The molecule has 1 aliphatic carbocycles. The molecule has 1 atom stereocenters. The Bertz CT molecular complexity index is 320. The second-order valence-corrected chi connectivity index (χ2v) is 6.37. The van der Waals surface area contributed by atoms with E-state index in [9.17, 15) is 13.0 Å². The molecular formula is C8H15ClF2N2OS. The van der Waals surface area contributed by atoms with E-state index in [1.54, 1.807) is 0 Å². The van der Waals surface area contributed by atoms with E-state index in [1.165, 1.54) is 4.31 Å². The van der Waals surface area contributed by atoms with E-state index in [0.717, 1.165) is 12.8 Å². The Kier molecular flexibility index (Phi) is 3.63. The third kappa shape index (κ3) is 2.79. The number of rotatable bonds is 2. The monoisotopic (exact) mass is 260 g/mol. The van der Waals surface area contributed by atoms with Gasteiger partial charge < -0.3 is 0 Å². The molecule has 1 heterocycles. The van der Waals surface area contributed by atoms with Gasteiger partial charge in [-0.2, -0.15) is 0 Å². The highest BCUT2D eigenvalue weighted by Gasteiger charge is 2.42. The lowest BCUT2D eigenvalue weighted by Gasteiger charge is -2.32. The minimum Gasteiger partial charge on any atom is -0.240 e. The van der Waals surface area contributed by atoms with Gasteiger partial charge in [-0.25, -0.2) is 22.1 Å². The molecule has 1 saturated carbocycles. The first-order chi connectivity index (χ1) is 6.42. The van der Waals surface area contributed by atoms with Crippen LogP contribution in [0.3, 0.4) is 0 Å². The van der Waals surface area contributed by atoms with Crippen LogP contribution in [0.2, 0.25) is 0 Å². The van der Waals surface area contributed by atoms with E-state index < -0.39 is 15.8 Å². The smallest absolute Gasteiger partial charge is 0.240 e. The van der Waals surface area contributed by atoms with Gasteiger partial charge in [-0.15, -0.1) is 12.4 Å². The zero-order valence-corrected chi connectivity index (χ0v) is 9.88. The fourth-order valence-electron chi connectivity index (χ4n) is 1.68. The topological polar surface area (TPSA) is 44.2 Å². The van der Waals surface area contributed by atoms with E-state index in [-0.39, 0.29) is 43.6 Å². The van der Waals surface area contributed by atoms with Crippen LogP contribution in [-0.2, 0) is 9.92 Å². The van der Waals surface area contributed by atoms with E-state index >= 15 is 0 Å². The molecule has 0 aromatic carbocycles. The lowest BCUT2D eigenvalue weighted by atomic mass is 10.1. The summed E-state index contributed by atoms with van der Waals surface area (Å²) in [4.78, 5) is 0. The lowest BCUT2D eigenvalue weighted by Crippen LogP contribution is -2.43. The van der Waals surface area contributed by atoms with Gasteiger partial charge in [-0.1, -0.05) is 0 Å². The maximum atomic E-state index is 12.8. The van der Waals surface area contributed by atoms with Gasteiger partial charge in [0.25, 0.3) is 5.92 Å². The van der Waals surface area contributed by atoms with Gasteiger partial charge in [-0.3, -0.25) is 0 Å². The predicted molar refractivity (Wildman–Crippen MR) is 56.9 cm³/mol. The summed E-state index contributed by atoms with van der Waals surface area (Å²) in [5, 5.41) is -0.0609. The second-order valence-electron chi connectivity index (χ2n) is 4.05. The molecular weight excluding hydrogens is 246 g/mol. The zero-order valence-electron chi connectivity index (χ0n) is 8.25. The summed E-state index contributed by atoms with van der Waals surface area (Å²) in [6, 6.07) is 0. The molecule has 0 bridgehead atoms. The van der Waals surface area contributed by atoms with E-state index in [0.29, 0.717) is 0 Å². The average Bonchev–Trinajstić information content (AvgIpc) is 2.85. The van der Waals surface area contributed by atoms with Gasteiger partial charge in [0, 0.05) is 25.9 Å². The molecule has 15 heavy (non-hydrogen) atoms. The van der Waals surface area contributed by atoms with Crippen LogP contribution < -0.4 is 0 Å². The largest absolute Gasteiger partial charge is 0.250 e. The van der Waals surface area contributed by atoms with Gasteiger partial charge in [0.2, 0.25) is 0 Å². The van der Waals surface area contributed by atoms with Crippen molar-refractivity contribution in [2.24, 2.45) is 0 Å². The Morgan fingerprint density at radius 2 is 1.73 bits per heavy atom. The lowest BCUT2D eigenvalue weighted by molar-refractivity contribution is -0.0408. The van der Waals surface area contributed by atoms with Crippen LogP contribution in [0.1, 0.15) is 25.7 Å². The molecule has 90 valence electrons. The zero-order chi connectivity index (χ0) is 10.4. The van der Waals surface area contributed by atoms with Crippen molar-refractivity contribution in [2.45, 2.75) is 36.9 Å². The third-order valence-corrected chi connectivity index (χ3v) is 5.32. The fourth-order valence-corrected chi connectivity index (χ4v) is 3.60. The fraction of sp³-hybridized carbons (Fsp3) is 1.00. The summed E-state index contributed by atoms with van der Waals surface area (Å²) in [7, 11) is -2.74. The van der Waals surface area contributed by atoms with Crippen LogP contribution in [0.4, 0.5) is 8.78 Å². The molecule has 1 N–H and O–H groups in total. The SMILES string of the molecule is Cl.N=S(=O)(C1CC1)N1CCC(F)(F)CC1. The minimum atomic E-state index is -2.74. The van der Waals surface area contributed by atoms with Crippen molar-refractivity contribution >= 4 is 22.3 Å². The Morgan fingerprint density at radius 1 is 1.27 bits per heavy atom. The molecule has 1 saturated heterocycles. The third-order valence-electron chi connectivity index (χ3n) is 2.81. The first-order valence-corrected chi connectivity index (χ1v) is 6.40. The molecule has 1 unspecified atom stereocenters. The molecule has 1 aliphatic heterocycles. The summed E-state index contributed by atoms with van der Waals surface area (Å²) in [5.74, 6) is -2.62. The summed E-state index contributed by atoms with van der Waals surface area (Å²) in [6.07, 6.45) is 1.12. The molecule has 0 amide bonds. The van der Waals surface area contributed by atoms with Crippen molar-refractivity contribution in [3.05, 3.63) is 0 Å². The first-order valence-electron chi connectivity index (χ1n) is 4.82. The number of hydrogen-bond acceptors (Lipinski definition) is 2. The Balaban J connectivity index is 0.00000112. The van der Waals surface area contributed by atoms with E-state index in [2.05, 4.69) is 0 Å². The van der Waals surface area contributed by atoms with Gasteiger partial charge in [0.05, 0.1) is 5.25 Å². The quantitative estimate of drug-likeness (QED) is 0.813. The van der Waals surface area contributed by atoms with Crippen LogP contribution >= 0.6 is 12.4 Å². The van der Waals surface area contributed by atoms with E-state index in [1.807, 2.05) is 0 Å². The number of halogens is 3. The van der Waals surface area contributed by atoms with Crippen LogP contribution in [0.15, 0.2) is 0 Å². The summed E-state index contributed by atoms with van der Waals surface area (Å²) in [6.45, 7) is 0.206. The second kappa shape index (κ2) is 4.14. The number of nitrogens with zero attached hydrogens (tertiary/aromatic N) is 1. The Labute approximate surface area is 94.7 Å². The van der Waals surface area contributed by atoms with Crippen molar-refractivity contribution in [2.75, 3.05) is 13.1 Å². The first kappa shape index (κ1) is 13.1. The molecule has 0 radical (unpaired) electrons. The highest BCUT2D eigenvalue weighted by atomic mass is 35.5. The maximum absolute atomic E-state index is 12.8. The van der Waals surface area contributed by atoms with Gasteiger partial charge in [0.15, 0.2) is 0 Å². The van der Waals surface area contributed by atoms with Crippen LogP contribution in [0.5, 0.6) is 0 Å². The van der Waals surface area contributed by atoms with Crippen LogP contribution in [0, 0.1) is 4.78 Å². The highest BCUT2D eigenvalue weighted by molar-refractivity contribution is 7.91. The van der Waals surface area contributed by atoms with Gasteiger partial charge in [-0.05, 0) is 12.8 Å². The van der Waals surface area contributed by atoms with Crippen LogP contribution in [0.25, 0.3) is 0 Å². The molecule has 3 nitrogen and oxygen atoms in total. The molecule has 0 aromatic rings. The maximum Gasteiger partial charge on any atom is 0.250 e. The van der Waals surface area contributed by atoms with Crippen molar-refractivity contribution in [1.29, 1.82) is 4.78 Å². The van der Waals surface area contributed by atoms with Gasteiger partial charge in [0.1, 0.15) is 9.92 Å². The molecule has 2 aliphatic rings. The van der Waals surface area contributed by atoms with Crippen molar-refractivity contribution in [1.82, 2.24) is 4.31 Å². The van der Waals surface area contributed by atoms with Crippen molar-refractivity contribution in [3.63, 3.8) is 0 Å². The minimum absolute atomic E-state index is 0. The molecule has 0 aromatic heterocycles. The summed E-state index contributed by atoms with van der Waals surface area (Å²) < 4.78 is 46.6. The average molecular weight is 261 g/mol. The molecule has 2 fully saturated rings. The number of alkyl halides is 2. The van der Waals surface area contributed by atoms with Crippen molar-refractivity contribution in [3.8, 4) is 0 Å². The summed E-state index contributed by atoms with van der Waals surface area (Å²) >= 11 is 0. The van der Waals surface area contributed by atoms with Gasteiger partial charge >= 0.3 is 0 Å².